The van der Waals surface area contributed by atoms with Crippen LogP contribution >= 0.6 is 0 Å². The number of hydrogen-bond acceptors (Lipinski definition) is 3. The second-order valence-electron chi connectivity index (χ2n) is 5.22. The summed E-state index contributed by atoms with van der Waals surface area (Å²) in [7, 11) is 3.45. The van der Waals surface area contributed by atoms with Crippen molar-refractivity contribution in [3.8, 4) is 11.5 Å². The number of hydrogen-bond donors (Lipinski definition) is 1. The fourth-order valence-corrected chi connectivity index (χ4v) is 2.83. The normalized spacial score (nSPS) is 16.8. The molecule has 2 rings (SSSR count). The average molecular weight is 263 g/mol. The summed E-state index contributed by atoms with van der Waals surface area (Å²) in [6.45, 7) is 3.11. The van der Waals surface area contributed by atoms with Crippen molar-refractivity contribution in [2.24, 2.45) is 5.92 Å². The molecular weight excluding hydrogens is 238 g/mol. The van der Waals surface area contributed by atoms with E-state index in [1.54, 1.807) is 14.2 Å². The Balaban J connectivity index is 2.27. The highest BCUT2D eigenvalue weighted by atomic mass is 16.5. The van der Waals surface area contributed by atoms with E-state index in [9.17, 15) is 0 Å². The molecule has 0 saturated heterocycles. The van der Waals surface area contributed by atoms with Crippen molar-refractivity contribution < 1.29 is 9.47 Å². The zero-order chi connectivity index (χ0) is 13.7. The minimum Gasteiger partial charge on any atom is -0.496 e. The average Bonchev–Trinajstić information content (AvgIpc) is 2.40. The van der Waals surface area contributed by atoms with Gasteiger partial charge in [-0.2, -0.15) is 0 Å². The maximum Gasteiger partial charge on any atom is 0.127 e. The molecule has 0 heterocycles. The highest BCUT2D eigenvalue weighted by Crippen LogP contribution is 2.40. The Labute approximate surface area is 116 Å². The van der Waals surface area contributed by atoms with Gasteiger partial charge in [0.1, 0.15) is 11.5 Å². The third-order valence-corrected chi connectivity index (χ3v) is 4.06. The first-order valence-corrected chi connectivity index (χ1v) is 7.24. The number of ether oxygens (including phenoxy) is 2. The van der Waals surface area contributed by atoms with Crippen molar-refractivity contribution in [2.45, 2.75) is 38.6 Å². The first-order chi connectivity index (χ1) is 9.30. The van der Waals surface area contributed by atoms with Gasteiger partial charge in [-0.3, -0.25) is 0 Å². The van der Waals surface area contributed by atoms with Gasteiger partial charge < -0.3 is 14.8 Å². The van der Waals surface area contributed by atoms with E-state index in [-0.39, 0.29) is 0 Å². The highest BCUT2D eigenvalue weighted by Gasteiger charge is 2.26. The van der Waals surface area contributed by atoms with Gasteiger partial charge >= 0.3 is 0 Å². The van der Waals surface area contributed by atoms with Crippen LogP contribution in [0, 0.1) is 5.92 Å². The molecule has 1 aliphatic rings. The number of benzene rings is 1. The van der Waals surface area contributed by atoms with Gasteiger partial charge in [-0.25, -0.2) is 0 Å². The predicted octanol–water partition coefficient (Wildman–Crippen LogP) is 3.54. The molecule has 1 N–H and O–H groups in total. The Hall–Kier alpha value is -1.22. The van der Waals surface area contributed by atoms with Crippen LogP contribution in [0.3, 0.4) is 0 Å². The minimum absolute atomic E-state index is 0.321. The summed E-state index contributed by atoms with van der Waals surface area (Å²) in [5.41, 5.74) is 1.17. The van der Waals surface area contributed by atoms with Crippen LogP contribution in [0.25, 0.3) is 0 Å². The van der Waals surface area contributed by atoms with Crippen molar-refractivity contribution in [3.63, 3.8) is 0 Å². The largest absolute Gasteiger partial charge is 0.496 e. The number of methoxy groups -OCH3 is 2. The van der Waals surface area contributed by atoms with Crippen LogP contribution < -0.4 is 14.8 Å². The van der Waals surface area contributed by atoms with E-state index >= 15 is 0 Å². The van der Waals surface area contributed by atoms with Crippen molar-refractivity contribution in [2.75, 3.05) is 20.8 Å². The molecule has 3 heteroatoms. The molecule has 1 atom stereocenters. The summed E-state index contributed by atoms with van der Waals surface area (Å²) in [5.74, 6) is 2.69. The second-order valence-corrected chi connectivity index (χ2v) is 5.22. The van der Waals surface area contributed by atoms with Crippen LogP contribution in [0.15, 0.2) is 18.2 Å². The van der Waals surface area contributed by atoms with E-state index in [0.717, 1.165) is 24.0 Å². The minimum atomic E-state index is 0.321. The molecule has 0 aromatic heterocycles. The Morgan fingerprint density at radius 3 is 2.26 bits per heavy atom. The molecule has 3 nitrogen and oxygen atoms in total. The first-order valence-electron chi connectivity index (χ1n) is 7.24. The maximum absolute atomic E-state index is 5.53. The lowest BCUT2D eigenvalue weighted by Crippen LogP contribution is -2.26. The zero-order valence-electron chi connectivity index (χ0n) is 12.2. The van der Waals surface area contributed by atoms with Crippen molar-refractivity contribution in [3.05, 3.63) is 23.8 Å². The Morgan fingerprint density at radius 2 is 1.84 bits per heavy atom. The molecule has 1 unspecified atom stereocenters. The van der Waals surface area contributed by atoms with Gasteiger partial charge in [0.25, 0.3) is 0 Å². The van der Waals surface area contributed by atoms with Gasteiger partial charge in [-0.05, 0) is 31.0 Å². The quantitative estimate of drug-likeness (QED) is 0.816. The molecule has 0 spiro atoms. The van der Waals surface area contributed by atoms with Crippen LogP contribution in [0.1, 0.15) is 44.2 Å². The van der Waals surface area contributed by atoms with Crippen LogP contribution in [0.4, 0.5) is 0 Å². The molecule has 0 bridgehead atoms. The monoisotopic (exact) mass is 263 g/mol. The summed E-state index contributed by atoms with van der Waals surface area (Å²) in [6, 6.07) is 6.33. The number of rotatable bonds is 7. The van der Waals surface area contributed by atoms with Crippen LogP contribution in [-0.4, -0.2) is 20.8 Å². The van der Waals surface area contributed by atoms with E-state index in [2.05, 4.69) is 12.2 Å². The van der Waals surface area contributed by atoms with Crippen LogP contribution in [-0.2, 0) is 0 Å². The van der Waals surface area contributed by atoms with Crippen LogP contribution in [0.2, 0.25) is 0 Å². The van der Waals surface area contributed by atoms with Gasteiger partial charge in [0, 0.05) is 6.04 Å². The molecular formula is C16H25NO2. The van der Waals surface area contributed by atoms with Gasteiger partial charge in [0.2, 0.25) is 0 Å². The van der Waals surface area contributed by atoms with Crippen molar-refractivity contribution >= 4 is 0 Å². The molecule has 1 aromatic rings. The lowest BCUT2D eigenvalue weighted by Gasteiger charge is -2.31. The molecule has 106 valence electrons. The first kappa shape index (κ1) is 14.2. The highest BCUT2D eigenvalue weighted by molar-refractivity contribution is 5.47. The van der Waals surface area contributed by atoms with E-state index in [1.165, 1.54) is 31.2 Å². The Morgan fingerprint density at radius 1 is 1.21 bits per heavy atom. The summed E-state index contributed by atoms with van der Waals surface area (Å²) in [4.78, 5) is 0. The third kappa shape index (κ3) is 3.21. The molecule has 0 aliphatic heterocycles. The molecule has 0 radical (unpaired) electrons. The van der Waals surface area contributed by atoms with Gasteiger partial charge in [-0.15, -0.1) is 0 Å². The van der Waals surface area contributed by atoms with Crippen molar-refractivity contribution in [1.29, 1.82) is 0 Å². The number of nitrogens with one attached hydrogen (secondary N) is 1. The molecule has 19 heavy (non-hydrogen) atoms. The summed E-state index contributed by atoms with van der Waals surface area (Å²) < 4.78 is 11.1. The SMILES string of the molecule is CCNC(CC1CCC1)c1c(OC)cccc1OC. The summed E-state index contributed by atoms with van der Waals surface area (Å²) in [6.07, 6.45) is 5.27. The van der Waals surface area contributed by atoms with E-state index in [0.29, 0.717) is 6.04 Å². The zero-order valence-corrected chi connectivity index (χ0v) is 12.2. The summed E-state index contributed by atoms with van der Waals surface area (Å²) >= 11 is 0. The predicted molar refractivity (Wildman–Crippen MR) is 77.9 cm³/mol. The lowest BCUT2D eigenvalue weighted by molar-refractivity contribution is 0.256. The maximum atomic E-state index is 5.53. The van der Waals surface area contributed by atoms with Crippen LogP contribution in [0.5, 0.6) is 11.5 Å². The van der Waals surface area contributed by atoms with E-state index in [1.807, 2.05) is 18.2 Å². The van der Waals surface area contributed by atoms with Gasteiger partial charge in [0.05, 0.1) is 19.8 Å². The fourth-order valence-electron chi connectivity index (χ4n) is 2.83. The lowest BCUT2D eigenvalue weighted by atomic mass is 9.79. The standard InChI is InChI=1S/C16H25NO2/c1-4-17-13(11-12-7-5-8-12)16-14(18-2)9-6-10-15(16)19-3/h6,9-10,12-13,17H,4-5,7-8,11H2,1-3H3. The smallest absolute Gasteiger partial charge is 0.127 e. The Kier molecular flexibility index (Phi) is 5.08. The van der Waals surface area contributed by atoms with E-state index < -0.39 is 0 Å². The fraction of sp³-hybridized carbons (Fsp3) is 0.625. The molecule has 1 aliphatic carbocycles. The summed E-state index contributed by atoms with van der Waals surface area (Å²) in [5, 5.41) is 3.59. The topological polar surface area (TPSA) is 30.5 Å². The van der Waals surface area contributed by atoms with Gasteiger partial charge in [0.15, 0.2) is 0 Å². The van der Waals surface area contributed by atoms with Crippen molar-refractivity contribution in [1.82, 2.24) is 5.32 Å². The van der Waals surface area contributed by atoms with E-state index in [4.69, 9.17) is 9.47 Å². The molecule has 0 amide bonds. The molecule has 1 aromatic carbocycles. The second kappa shape index (κ2) is 6.80. The third-order valence-electron chi connectivity index (χ3n) is 4.06. The molecule has 1 fully saturated rings. The van der Waals surface area contributed by atoms with Gasteiger partial charge in [-0.1, -0.05) is 32.3 Å². The Bertz CT molecular complexity index is 379. The molecule has 1 saturated carbocycles.